The second-order valence-corrected chi connectivity index (χ2v) is 6.12. The molecule has 3 rings (SSSR count). The zero-order valence-electron chi connectivity index (χ0n) is 14.4. The molecule has 4 atom stereocenters. The summed E-state index contributed by atoms with van der Waals surface area (Å²) >= 11 is 0. The first-order chi connectivity index (χ1) is 13.1. The Bertz CT molecular complexity index is 697. The quantitative estimate of drug-likeness (QED) is 0.734. The molecular formula is C20H20O7. The minimum absolute atomic E-state index is 0.227. The number of hydrogen-bond acceptors (Lipinski definition) is 7. The van der Waals surface area contributed by atoms with Crippen molar-refractivity contribution in [3.8, 4) is 0 Å². The topological polar surface area (TPSA) is 102 Å². The van der Waals surface area contributed by atoms with Crippen LogP contribution in [0.3, 0.4) is 0 Å². The summed E-state index contributed by atoms with van der Waals surface area (Å²) < 4.78 is 15.8. The van der Waals surface area contributed by atoms with Crippen LogP contribution in [0.15, 0.2) is 60.7 Å². The van der Waals surface area contributed by atoms with E-state index in [1.54, 1.807) is 60.7 Å². The lowest BCUT2D eigenvalue weighted by Gasteiger charge is -2.15. The van der Waals surface area contributed by atoms with Crippen LogP contribution in [0, 0.1) is 0 Å². The second-order valence-electron chi connectivity index (χ2n) is 6.12. The Labute approximate surface area is 156 Å². The molecule has 0 radical (unpaired) electrons. The maximum absolute atomic E-state index is 12.0. The summed E-state index contributed by atoms with van der Waals surface area (Å²) in [6.07, 6.45) is -4.33. The van der Waals surface area contributed by atoms with Crippen LogP contribution in [0.25, 0.3) is 0 Å². The number of ether oxygens (including phenoxy) is 3. The van der Waals surface area contributed by atoms with Gasteiger partial charge in [0.25, 0.3) is 0 Å². The Morgan fingerprint density at radius 1 is 0.741 bits per heavy atom. The molecule has 0 aromatic heterocycles. The Kier molecular flexibility index (Phi) is 6.18. The monoisotopic (exact) mass is 372 g/mol. The highest BCUT2D eigenvalue weighted by Crippen LogP contribution is 2.22. The van der Waals surface area contributed by atoms with Crippen LogP contribution < -0.4 is 0 Å². The fourth-order valence-corrected chi connectivity index (χ4v) is 2.73. The highest BCUT2D eigenvalue weighted by atomic mass is 16.6. The van der Waals surface area contributed by atoms with E-state index in [4.69, 9.17) is 14.2 Å². The van der Waals surface area contributed by atoms with Gasteiger partial charge in [0.15, 0.2) is 0 Å². The standard InChI is InChI=1S/C20H20O7/c21-17-15(11-25-19(23)13-7-3-1-4-8-13)27-16(18(17)22)12-26-20(24)14-9-5-2-6-10-14/h1-10,15-18,21-22H,11-12H2/t15-,16+,17-,18-/m1/s1. The van der Waals surface area contributed by atoms with Gasteiger partial charge in [0.2, 0.25) is 0 Å². The zero-order chi connectivity index (χ0) is 19.2. The molecule has 0 unspecified atom stereocenters. The number of carbonyl (C=O) groups excluding carboxylic acids is 2. The third kappa shape index (κ3) is 4.71. The molecule has 1 fully saturated rings. The normalized spacial score (nSPS) is 24.4. The van der Waals surface area contributed by atoms with Crippen LogP contribution in [0.2, 0.25) is 0 Å². The van der Waals surface area contributed by atoms with E-state index in [0.717, 1.165) is 0 Å². The van der Waals surface area contributed by atoms with Crippen molar-refractivity contribution in [1.82, 2.24) is 0 Å². The van der Waals surface area contributed by atoms with Gasteiger partial charge in [-0.3, -0.25) is 0 Å². The molecule has 142 valence electrons. The number of benzene rings is 2. The first-order valence-electron chi connectivity index (χ1n) is 8.52. The SMILES string of the molecule is O=C(OC[C@@H]1O[C@H](COC(=O)c2ccccc2)[C@@H](O)[C@@H]1O)c1ccccc1. The molecule has 1 aliphatic heterocycles. The summed E-state index contributed by atoms with van der Waals surface area (Å²) in [7, 11) is 0. The summed E-state index contributed by atoms with van der Waals surface area (Å²) in [6.45, 7) is -0.454. The van der Waals surface area contributed by atoms with E-state index in [1.165, 1.54) is 0 Å². The summed E-state index contributed by atoms with van der Waals surface area (Å²) in [5.74, 6) is -1.11. The van der Waals surface area contributed by atoms with Crippen LogP contribution >= 0.6 is 0 Å². The first kappa shape index (κ1) is 19.0. The number of aliphatic hydroxyl groups excluding tert-OH is 2. The van der Waals surface area contributed by atoms with Gasteiger partial charge in [-0.2, -0.15) is 0 Å². The van der Waals surface area contributed by atoms with Crippen LogP contribution in [-0.4, -0.2) is 59.8 Å². The first-order valence-corrected chi connectivity index (χ1v) is 8.52. The molecule has 0 bridgehead atoms. The molecule has 2 aromatic carbocycles. The molecule has 7 heteroatoms. The zero-order valence-corrected chi connectivity index (χ0v) is 14.4. The number of rotatable bonds is 6. The predicted octanol–water partition coefficient (Wildman–Crippen LogP) is 1.19. The molecule has 2 aromatic rings. The third-order valence-corrected chi connectivity index (χ3v) is 4.24. The number of esters is 2. The van der Waals surface area contributed by atoms with Crippen LogP contribution in [-0.2, 0) is 14.2 Å². The van der Waals surface area contributed by atoms with Crippen LogP contribution in [0.4, 0.5) is 0 Å². The second kappa shape index (κ2) is 8.77. The lowest BCUT2D eigenvalue weighted by atomic mass is 10.1. The molecule has 1 saturated heterocycles. The van der Waals surface area contributed by atoms with Crippen molar-refractivity contribution < 1.29 is 34.0 Å². The lowest BCUT2D eigenvalue weighted by molar-refractivity contribution is -0.0514. The minimum Gasteiger partial charge on any atom is -0.459 e. The van der Waals surface area contributed by atoms with Crippen molar-refractivity contribution in [3.63, 3.8) is 0 Å². The third-order valence-electron chi connectivity index (χ3n) is 4.24. The fraction of sp³-hybridized carbons (Fsp3) is 0.300. The van der Waals surface area contributed by atoms with Gasteiger partial charge in [0.05, 0.1) is 11.1 Å². The largest absolute Gasteiger partial charge is 0.459 e. The van der Waals surface area contributed by atoms with Gasteiger partial charge in [0.1, 0.15) is 37.6 Å². The smallest absolute Gasteiger partial charge is 0.338 e. The Hall–Kier alpha value is -2.74. The molecule has 2 N–H and O–H groups in total. The van der Waals surface area contributed by atoms with E-state index in [2.05, 4.69) is 0 Å². The van der Waals surface area contributed by atoms with E-state index in [9.17, 15) is 19.8 Å². The maximum Gasteiger partial charge on any atom is 0.338 e. The Morgan fingerprint density at radius 2 is 1.11 bits per heavy atom. The van der Waals surface area contributed by atoms with Crippen LogP contribution in [0.1, 0.15) is 20.7 Å². The Morgan fingerprint density at radius 3 is 1.48 bits per heavy atom. The van der Waals surface area contributed by atoms with Crippen molar-refractivity contribution >= 4 is 11.9 Å². The molecule has 1 heterocycles. The highest BCUT2D eigenvalue weighted by Gasteiger charge is 2.43. The van der Waals surface area contributed by atoms with E-state index in [1.807, 2.05) is 0 Å². The van der Waals surface area contributed by atoms with Gasteiger partial charge < -0.3 is 24.4 Å². The Balaban J connectivity index is 1.50. The van der Waals surface area contributed by atoms with Gasteiger partial charge in [-0.25, -0.2) is 9.59 Å². The van der Waals surface area contributed by atoms with Crippen molar-refractivity contribution in [2.45, 2.75) is 24.4 Å². The van der Waals surface area contributed by atoms with Crippen molar-refractivity contribution in [2.75, 3.05) is 13.2 Å². The molecule has 27 heavy (non-hydrogen) atoms. The van der Waals surface area contributed by atoms with E-state index < -0.39 is 36.4 Å². The highest BCUT2D eigenvalue weighted by molar-refractivity contribution is 5.89. The number of hydrogen-bond donors (Lipinski definition) is 2. The van der Waals surface area contributed by atoms with E-state index >= 15 is 0 Å². The molecule has 0 spiro atoms. The van der Waals surface area contributed by atoms with Crippen LogP contribution in [0.5, 0.6) is 0 Å². The van der Waals surface area contributed by atoms with Crippen molar-refractivity contribution in [1.29, 1.82) is 0 Å². The predicted molar refractivity (Wildman–Crippen MR) is 94.1 cm³/mol. The molecular weight excluding hydrogens is 352 g/mol. The number of carbonyl (C=O) groups is 2. The fourth-order valence-electron chi connectivity index (χ4n) is 2.73. The minimum atomic E-state index is -1.26. The summed E-state index contributed by atoms with van der Waals surface area (Å²) in [4.78, 5) is 23.9. The van der Waals surface area contributed by atoms with Gasteiger partial charge in [-0.05, 0) is 24.3 Å². The van der Waals surface area contributed by atoms with E-state index in [-0.39, 0.29) is 13.2 Å². The van der Waals surface area contributed by atoms with Gasteiger partial charge in [-0.15, -0.1) is 0 Å². The molecule has 0 saturated carbocycles. The number of aliphatic hydroxyl groups is 2. The van der Waals surface area contributed by atoms with Gasteiger partial charge in [0, 0.05) is 0 Å². The average Bonchev–Trinajstić information content (AvgIpc) is 2.99. The average molecular weight is 372 g/mol. The summed E-state index contributed by atoms with van der Waals surface area (Å²) in [6, 6.07) is 16.8. The maximum atomic E-state index is 12.0. The molecule has 7 nitrogen and oxygen atoms in total. The molecule has 0 amide bonds. The van der Waals surface area contributed by atoms with Gasteiger partial charge >= 0.3 is 11.9 Å². The summed E-state index contributed by atoms with van der Waals surface area (Å²) in [5.41, 5.74) is 0.748. The molecule has 0 aliphatic carbocycles. The van der Waals surface area contributed by atoms with E-state index in [0.29, 0.717) is 11.1 Å². The summed E-state index contributed by atoms with van der Waals surface area (Å²) in [5, 5.41) is 20.2. The van der Waals surface area contributed by atoms with Crippen molar-refractivity contribution in [2.24, 2.45) is 0 Å². The lowest BCUT2D eigenvalue weighted by Crippen LogP contribution is -2.36. The van der Waals surface area contributed by atoms with Crippen molar-refractivity contribution in [3.05, 3.63) is 71.8 Å². The van der Waals surface area contributed by atoms with Gasteiger partial charge in [-0.1, -0.05) is 36.4 Å². The molecule has 1 aliphatic rings.